The lowest BCUT2D eigenvalue weighted by Crippen LogP contribution is -2.27. The first-order chi connectivity index (χ1) is 10.4. The number of fused-ring (bicyclic) bond motifs is 1. The monoisotopic (exact) mass is 297 g/mol. The number of rotatable bonds is 1. The third-order valence-electron chi connectivity index (χ3n) is 4.69. The minimum absolute atomic E-state index is 0.0870. The van der Waals surface area contributed by atoms with Crippen LogP contribution in [0.5, 0.6) is 0 Å². The summed E-state index contributed by atoms with van der Waals surface area (Å²) in [5.41, 5.74) is 2.10. The van der Waals surface area contributed by atoms with Gasteiger partial charge in [-0.1, -0.05) is 32.9 Å². The van der Waals surface area contributed by atoms with Crippen molar-refractivity contribution in [1.82, 2.24) is 9.66 Å². The molecule has 0 atom stereocenters. The average Bonchev–Trinajstić information content (AvgIpc) is 2.50. The second kappa shape index (κ2) is 5.67. The summed E-state index contributed by atoms with van der Waals surface area (Å²) < 4.78 is 1.40. The fourth-order valence-electron chi connectivity index (χ4n) is 3.20. The van der Waals surface area contributed by atoms with Gasteiger partial charge < -0.3 is 0 Å². The molecular weight excluding hydrogens is 274 g/mol. The van der Waals surface area contributed by atoms with Gasteiger partial charge in [0, 0.05) is 5.71 Å². The highest BCUT2D eigenvalue weighted by Gasteiger charge is 2.28. The summed E-state index contributed by atoms with van der Waals surface area (Å²) in [6.07, 6.45) is 5.78. The molecular formula is C18H23N3O. The number of hydrogen-bond donors (Lipinski definition) is 0. The Bertz CT molecular complexity index is 758. The molecule has 1 aromatic carbocycles. The third kappa shape index (κ3) is 2.96. The highest BCUT2D eigenvalue weighted by molar-refractivity contribution is 5.85. The van der Waals surface area contributed by atoms with Crippen LogP contribution >= 0.6 is 0 Å². The third-order valence-corrected chi connectivity index (χ3v) is 4.69. The molecule has 1 heterocycles. The van der Waals surface area contributed by atoms with E-state index in [0.717, 1.165) is 42.8 Å². The fraction of sp³-hybridized carbons (Fsp3) is 0.500. The Balaban J connectivity index is 1.85. The molecule has 3 rings (SSSR count). The second-order valence-electron chi connectivity index (χ2n) is 7.22. The van der Waals surface area contributed by atoms with Gasteiger partial charge in [-0.2, -0.15) is 9.78 Å². The number of para-hydroxylation sites is 1. The average molecular weight is 297 g/mol. The Kier molecular flexibility index (Phi) is 3.85. The van der Waals surface area contributed by atoms with E-state index in [9.17, 15) is 4.79 Å². The van der Waals surface area contributed by atoms with Gasteiger partial charge in [0.05, 0.1) is 10.9 Å². The molecule has 0 N–H and O–H groups in total. The molecule has 0 saturated heterocycles. The van der Waals surface area contributed by atoms with Gasteiger partial charge in [0.1, 0.15) is 6.33 Å². The summed E-state index contributed by atoms with van der Waals surface area (Å²) in [5, 5.41) is 5.17. The molecule has 2 aromatic rings. The smallest absolute Gasteiger partial charge is 0.267 e. The first-order valence-electron chi connectivity index (χ1n) is 7.98. The highest BCUT2D eigenvalue weighted by Crippen LogP contribution is 2.36. The van der Waals surface area contributed by atoms with Crippen LogP contribution in [0.2, 0.25) is 0 Å². The maximum absolute atomic E-state index is 12.4. The Morgan fingerprint density at radius 2 is 1.86 bits per heavy atom. The quantitative estimate of drug-likeness (QED) is 0.803. The van der Waals surface area contributed by atoms with E-state index >= 15 is 0 Å². The zero-order valence-electron chi connectivity index (χ0n) is 13.5. The molecule has 4 heteroatoms. The molecule has 1 aliphatic carbocycles. The minimum atomic E-state index is -0.0870. The van der Waals surface area contributed by atoms with Crippen LogP contribution in [0.1, 0.15) is 46.5 Å². The summed E-state index contributed by atoms with van der Waals surface area (Å²) >= 11 is 0. The largest absolute Gasteiger partial charge is 0.281 e. The van der Waals surface area contributed by atoms with Gasteiger partial charge in [-0.05, 0) is 49.1 Å². The Hall–Kier alpha value is -1.97. The number of hydrogen-bond acceptors (Lipinski definition) is 3. The predicted octanol–water partition coefficient (Wildman–Crippen LogP) is 3.84. The maximum Gasteiger partial charge on any atom is 0.281 e. The fourth-order valence-corrected chi connectivity index (χ4v) is 3.20. The van der Waals surface area contributed by atoms with E-state index in [2.05, 4.69) is 30.9 Å². The molecule has 1 aliphatic rings. The SMILES string of the molecule is CC(C)(C)C1CCC(=Nn2cnc3ccccc3c2=O)CC1. The number of aromatic nitrogens is 2. The van der Waals surface area contributed by atoms with Crippen molar-refractivity contribution in [2.75, 3.05) is 0 Å². The maximum atomic E-state index is 12.4. The first kappa shape index (κ1) is 14.9. The van der Waals surface area contributed by atoms with Crippen molar-refractivity contribution < 1.29 is 0 Å². The first-order valence-corrected chi connectivity index (χ1v) is 7.98. The van der Waals surface area contributed by atoms with Gasteiger partial charge in [-0.15, -0.1) is 0 Å². The zero-order chi connectivity index (χ0) is 15.7. The van der Waals surface area contributed by atoms with Crippen LogP contribution in [-0.2, 0) is 0 Å². The van der Waals surface area contributed by atoms with Crippen molar-refractivity contribution in [2.24, 2.45) is 16.4 Å². The minimum Gasteiger partial charge on any atom is -0.267 e. The van der Waals surface area contributed by atoms with Gasteiger partial charge in [0.25, 0.3) is 5.56 Å². The van der Waals surface area contributed by atoms with E-state index in [0.29, 0.717) is 10.8 Å². The van der Waals surface area contributed by atoms with Crippen molar-refractivity contribution in [1.29, 1.82) is 0 Å². The van der Waals surface area contributed by atoms with E-state index in [4.69, 9.17) is 0 Å². The molecule has 1 aromatic heterocycles. The van der Waals surface area contributed by atoms with Crippen LogP contribution in [0.15, 0.2) is 40.5 Å². The molecule has 0 spiro atoms. The summed E-state index contributed by atoms with van der Waals surface area (Å²) in [6, 6.07) is 7.40. The molecule has 0 amide bonds. The van der Waals surface area contributed by atoms with Gasteiger partial charge in [-0.25, -0.2) is 4.98 Å². The summed E-state index contributed by atoms with van der Waals surface area (Å²) in [5.74, 6) is 0.734. The van der Waals surface area contributed by atoms with Crippen molar-refractivity contribution in [3.8, 4) is 0 Å². The Morgan fingerprint density at radius 3 is 2.55 bits per heavy atom. The molecule has 22 heavy (non-hydrogen) atoms. The van der Waals surface area contributed by atoms with Crippen LogP contribution < -0.4 is 5.56 Å². The topological polar surface area (TPSA) is 47.2 Å². The van der Waals surface area contributed by atoms with E-state index in [1.165, 1.54) is 11.0 Å². The Morgan fingerprint density at radius 1 is 1.18 bits per heavy atom. The molecule has 0 unspecified atom stereocenters. The molecule has 0 radical (unpaired) electrons. The van der Waals surface area contributed by atoms with Crippen molar-refractivity contribution >= 4 is 16.6 Å². The van der Waals surface area contributed by atoms with Gasteiger partial charge in [-0.3, -0.25) is 4.79 Å². The van der Waals surface area contributed by atoms with Crippen LogP contribution in [0, 0.1) is 11.3 Å². The van der Waals surface area contributed by atoms with Crippen LogP contribution in [0.4, 0.5) is 0 Å². The zero-order valence-corrected chi connectivity index (χ0v) is 13.5. The number of nitrogens with zero attached hydrogens (tertiary/aromatic N) is 3. The lowest BCUT2D eigenvalue weighted by atomic mass is 9.72. The van der Waals surface area contributed by atoms with Crippen molar-refractivity contribution in [2.45, 2.75) is 46.5 Å². The summed E-state index contributed by atoms with van der Waals surface area (Å²) in [7, 11) is 0. The Labute approximate surface area is 130 Å². The lowest BCUT2D eigenvalue weighted by molar-refractivity contribution is 0.208. The van der Waals surface area contributed by atoms with Gasteiger partial charge in [0.15, 0.2) is 0 Å². The second-order valence-corrected chi connectivity index (χ2v) is 7.22. The van der Waals surface area contributed by atoms with Crippen LogP contribution in [0.3, 0.4) is 0 Å². The highest BCUT2D eigenvalue weighted by atomic mass is 16.1. The summed E-state index contributed by atoms with van der Waals surface area (Å²) in [4.78, 5) is 16.8. The normalized spacial score (nSPS) is 19.4. The molecule has 0 bridgehead atoms. The molecule has 1 saturated carbocycles. The van der Waals surface area contributed by atoms with Gasteiger partial charge >= 0.3 is 0 Å². The van der Waals surface area contributed by atoms with Crippen LogP contribution in [0.25, 0.3) is 10.9 Å². The van der Waals surface area contributed by atoms with E-state index < -0.39 is 0 Å². The van der Waals surface area contributed by atoms with E-state index in [1.807, 2.05) is 18.2 Å². The molecule has 4 nitrogen and oxygen atoms in total. The van der Waals surface area contributed by atoms with Crippen molar-refractivity contribution in [3.63, 3.8) is 0 Å². The molecule has 116 valence electrons. The van der Waals surface area contributed by atoms with E-state index in [-0.39, 0.29) is 5.56 Å². The number of benzene rings is 1. The molecule has 1 fully saturated rings. The summed E-state index contributed by atoms with van der Waals surface area (Å²) in [6.45, 7) is 6.91. The van der Waals surface area contributed by atoms with E-state index in [1.54, 1.807) is 6.07 Å². The van der Waals surface area contributed by atoms with Gasteiger partial charge in [0.2, 0.25) is 0 Å². The van der Waals surface area contributed by atoms with Crippen LogP contribution in [-0.4, -0.2) is 15.4 Å². The predicted molar refractivity (Wildman–Crippen MR) is 90.2 cm³/mol. The van der Waals surface area contributed by atoms with Crippen molar-refractivity contribution in [3.05, 3.63) is 40.9 Å². The molecule has 0 aliphatic heterocycles. The lowest BCUT2D eigenvalue weighted by Gasteiger charge is -2.34. The standard InChI is InChI=1S/C18H23N3O/c1-18(2,3)13-8-10-14(11-9-13)20-21-12-19-16-7-5-4-6-15(16)17(21)22/h4-7,12-13H,8-11H2,1-3H3.